The van der Waals surface area contributed by atoms with Crippen LogP contribution in [0.15, 0.2) is 97.1 Å². The fourth-order valence-corrected chi connectivity index (χ4v) is 4.71. The van der Waals surface area contributed by atoms with Crippen molar-refractivity contribution in [2.75, 3.05) is 36.4 Å². The van der Waals surface area contributed by atoms with Crippen LogP contribution < -0.4 is 15.0 Å². The Balaban J connectivity index is 1.15. The smallest absolute Gasteiger partial charge is 0.410 e. The van der Waals surface area contributed by atoms with E-state index in [2.05, 4.69) is 51.5 Å². The standard InChI is InChI=1S/C32H30N4O2/c1-24-7-16-30(21-31(24)27-10-8-25(22-33)9-11-27)38-32(37)34-28-12-14-29(15-13-28)36-19-17-35(18-20-36)23-26-5-3-2-4-6-26/h2-16,21H,17-20,23H2,1H3,(H,34,37). The van der Waals surface area contributed by atoms with Crippen LogP contribution in [0.1, 0.15) is 16.7 Å². The topological polar surface area (TPSA) is 68.6 Å². The SMILES string of the molecule is Cc1ccc(OC(=O)Nc2ccc(N3CCN(Cc4ccccc4)CC3)cc2)cc1-c1ccc(C#N)cc1. The third-order valence-electron chi connectivity index (χ3n) is 6.84. The molecule has 4 aromatic rings. The Kier molecular flexibility index (Phi) is 7.67. The quantitative estimate of drug-likeness (QED) is 0.327. The maximum absolute atomic E-state index is 12.6. The monoisotopic (exact) mass is 502 g/mol. The number of carbonyl (C=O) groups excluding carboxylic acids is 1. The molecule has 1 aliphatic heterocycles. The zero-order valence-electron chi connectivity index (χ0n) is 21.4. The van der Waals surface area contributed by atoms with Crippen LogP contribution in [0.25, 0.3) is 11.1 Å². The summed E-state index contributed by atoms with van der Waals surface area (Å²) >= 11 is 0. The van der Waals surface area contributed by atoms with Crippen molar-refractivity contribution in [3.8, 4) is 22.9 Å². The van der Waals surface area contributed by atoms with Crippen LogP contribution in [0.5, 0.6) is 5.75 Å². The number of amides is 1. The van der Waals surface area contributed by atoms with Gasteiger partial charge in [0.2, 0.25) is 0 Å². The number of ether oxygens (including phenoxy) is 1. The van der Waals surface area contributed by atoms with Crippen molar-refractivity contribution >= 4 is 17.5 Å². The first-order valence-corrected chi connectivity index (χ1v) is 12.8. The number of nitrogens with one attached hydrogen (secondary N) is 1. The van der Waals surface area contributed by atoms with E-state index in [0.29, 0.717) is 17.0 Å². The molecule has 0 radical (unpaired) electrons. The van der Waals surface area contributed by atoms with Gasteiger partial charge in [0, 0.05) is 44.1 Å². The molecule has 1 fully saturated rings. The summed E-state index contributed by atoms with van der Waals surface area (Å²) in [6.45, 7) is 6.95. The van der Waals surface area contributed by atoms with Crippen LogP contribution in [0.4, 0.5) is 16.2 Å². The van der Waals surface area contributed by atoms with Gasteiger partial charge in [0.15, 0.2) is 0 Å². The molecule has 0 bridgehead atoms. The number of aryl methyl sites for hydroxylation is 1. The number of hydrogen-bond acceptors (Lipinski definition) is 5. The number of carbonyl (C=O) groups is 1. The van der Waals surface area contributed by atoms with Gasteiger partial charge in [-0.05, 0) is 77.7 Å². The highest BCUT2D eigenvalue weighted by Crippen LogP contribution is 2.28. The van der Waals surface area contributed by atoms with E-state index in [1.165, 1.54) is 5.56 Å². The Morgan fingerprint density at radius 2 is 1.61 bits per heavy atom. The molecule has 1 amide bonds. The first-order valence-electron chi connectivity index (χ1n) is 12.8. The van der Waals surface area contributed by atoms with Crippen LogP contribution >= 0.6 is 0 Å². The van der Waals surface area contributed by atoms with Gasteiger partial charge >= 0.3 is 6.09 Å². The minimum Gasteiger partial charge on any atom is -0.410 e. The summed E-state index contributed by atoms with van der Waals surface area (Å²) in [5, 5.41) is 11.9. The van der Waals surface area contributed by atoms with E-state index in [0.717, 1.165) is 55.1 Å². The summed E-state index contributed by atoms with van der Waals surface area (Å²) < 4.78 is 5.57. The fourth-order valence-electron chi connectivity index (χ4n) is 4.71. The minimum absolute atomic E-state index is 0.456. The second-order valence-electron chi connectivity index (χ2n) is 9.48. The molecule has 1 heterocycles. The molecule has 1 saturated heterocycles. The van der Waals surface area contributed by atoms with E-state index < -0.39 is 6.09 Å². The average Bonchev–Trinajstić information content (AvgIpc) is 2.95. The van der Waals surface area contributed by atoms with Crippen molar-refractivity contribution in [1.82, 2.24) is 4.90 Å². The molecule has 6 heteroatoms. The number of rotatable bonds is 6. The fraction of sp³-hybridized carbons (Fsp3) is 0.188. The summed E-state index contributed by atoms with van der Waals surface area (Å²) in [6.07, 6.45) is -0.540. The predicted molar refractivity (Wildman–Crippen MR) is 151 cm³/mol. The van der Waals surface area contributed by atoms with Gasteiger partial charge in [0.05, 0.1) is 11.6 Å². The zero-order valence-corrected chi connectivity index (χ0v) is 21.4. The zero-order chi connectivity index (χ0) is 26.3. The maximum atomic E-state index is 12.6. The van der Waals surface area contributed by atoms with Gasteiger partial charge in [-0.15, -0.1) is 0 Å². The molecule has 190 valence electrons. The van der Waals surface area contributed by atoms with E-state index in [1.54, 1.807) is 18.2 Å². The molecule has 0 atom stereocenters. The molecule has 0 aliphatic carbocycles. The van der Waals surface area contributed by atoms with E-state index in [4.69, 9.17) is 10.00 Å². The van der Waals surface area contributed by atoms with Crippen LogP contribution in [0, 0.1) is 18.3 Å². The molecular formula is C32H30N4O2. The van der Waals surface area contributed by atoms with Crippen molar-refractivity contribution in [2.45, 2.75) is 13.5 Å². The average molecular weight is 503 g/mol. The Labute approximate surface area is 223 Å². The number of nitriles is 1. The lowest BCUT2D eigenvalue weighted by Gasteiger charge is -2.36. The lowest BCUT2D eigenvalue weighted by atomic mass is 9.99. The van der Waals surface area contributed by atoms with Gasteiger partial charge in [-0.25, -0.2) is 4.79 Å². The Bertz CT molecular complexity index is 1420. The van der Waals surface area contributed by atoms with E-state index in [9.17, 15) is 4.79 Å². The van der Waals surface area contributed by atoms with Crippen molar-refractivity contribution < 1.29 is 9.53 Å². The summed E-state index contributed by atoms with van der Waals surface area (Å²) in [6, 6.07) is 33.5. The van der Waals surface area contributed by atoms with Crippen LogP contribution in [-0.2, 0) is 6.54 Å². The molecule has 4 aromatic carbocycles. The first kappa shape index (κ1) is 25.1. The van der Waals surface area contributed by atoms with E-state index >= 15 is 0 Å². The van der Waals surface area contributed by atoms with Gasteiger partial charge in [0.25, 0.3) is 0 Å². The third kappa shape index (κ3) is 6.20. The number of hydrogen-bond donors (Lipinski definition) is 1. The van der Waals surface area contributed by atoms with Crippen molar-refractivity contribution in [2.24, 2.45) is 0 Å². The molecular weight excluding hydrogens is 472 g/mol. The van der Waals surface area contributed by atoms with Gasteiger partial charge in [-0.2, -0.15) is 5.26 Å². The second kappa shape index (κ2) is 11.6. The number of nitrogens with zero attached hydrogens (tertiary/aromatic N) is 3. The highest BCUT2D eigenvalue weighted by atomic mass is 16.6. The first-order chi connectivity index (χ1) is 18.6. The Morgan fingerprint density at radius 3 is 2.29 bits per heavy atom. The molecule has 6 nitrogen and oxygen atoms in total. The van der Waals surface area contributed by atoms with Crippen molar-refractivity contribution in [1.29, 1.82) is 5.26 Å². The van der Waals surface area contributed by atoms with E-state index in [1.807, 2.05) is 55.5 Å². The lowest BCUT2D eigenvalue weighted by molar-refractivity contribution is 0.215. The largest absolute Gasteiger partial charge is 0.417 e. The molecule has 1 N–H and O–H groups in total. The predicted octanol–water partition coefficient (Wildman–Crippen LogP) is 6.47. The highest BCUT2D eigenvalue weighted by molar-refractivity contribution is 5.87. The summed E-state index contributed by atoms with van der Waals surface area (Å²) in [7, 11) is 0. The molecule has 0 aromatic heterocycles. The third-order valence-corrected chi connectivity index (χ3v) is 6.84. The highest BCUT2D eigenvalue weighted by Gasteiger charge is 2.17. The molecule has 5 rings (SSSR count). The summed E-state index contributed by atoms with van der Waals surface area (Å²) in [5.74, 6) is 0.456. The Hall–Kier alpha value is -4.60. The minimum atomic E-state index is -0.540. The molecule has 0 spiro atoms. The van der Waals surface area contributed by atoms with Crippen molar-refractivity contribution in [3.05, 3.63) is 114 Å². The number of piperazine rings is 1. The number of anilines is 2. The van der Waals surface area contributed by atoms with Gasteiger partial charge < -0.3 is 9.64 Å². The van der Waals surface area contributed by atoms with Crippen molar-refractivity contribution in [3.63, 3.8) is 0 Å². The molecule has 0 unspecified atom stereocenters. The van der Waals surface area contributed by atoms with Crippen LogP contribution in [0.2, 0.25) is 0 Å². The van der Waals surface area contributed by atoms with Gasteiger partial charge in [0.1, 0.15) is 5.75 Å². The maximum Gasteiger partial charge on any atom is 0.417 e. The van der Waals surface area contributed by atoms with Crippen LogP contribution in [0.3, 0.4) is 0 Å². The van der Waals surface area contributed by atoms with Gasteiger partial charge in [-0.1, -0.05) is 48.5 Å². The summed E-state index contributed by atoms with van der Waals surface area (Å²) in [4.78, 5) is 17.4. The summed E-state index contributed by atoms with van der Waals surface area (Å²) in [5.41, 5.74) is 6.75. The normalized spacial score (nSPS) is 13.5. The van der Waals surface area contributed by atoms with Gasteiger partial charge in [-0.3, -0.25) is 10.2 Å². The lowest BCUT2D eigenvalue weighted by Crippen LogP contribution is -2.45. The Morgan fingerprint density at radius 1 is 0.895 bits per heavy atom. The number of benzene rings is 4. The molecule has 0 saturated carbocycles. The molecule has 38 heavy (non-hydrogen) atoms. The van der Waals surface area contributed by atoms with E-state index in [-0.39, 0.29) is 0 Å². The van der Waals surface area contributed by atoms with Crippen LogP contribution in [-0.4, -0.2) is 37.2 Å². The molecule has 1 aliphatic rings. The second-order valence-corrected chi connectivity index (χ2v) is 9.48.